The molecule has 2 saturated heterocycles. The molecule has 6 nitrogen and oxygen atoms in total. The van der Waals surface area contributed by atoms with Gasteiger partial charge < -0.3 is 10.2 Å². The fraction of sp³-hybridized carbons (Fsp3) is 0.588. The molecule has 1 atom stereocenters. The van der Waals surface area contributed by atoms with Crippen LogP contribution >= 0.6 is 0 Å². The van der Waals surface area contributed by atoms with Crippen molar-refractivity contribution in [2.24, 2.45) is 0 Å². The molecule has 7 heteroatoms. The monoisotopic (exact) mass is 351 g/mol. The molecule has 1 aromatic rings. The number of rotatable bonds is 6. The van der Waals surface area contributed by atoms with E-state index < -0.39 is 10.0 Å². The Hall–Kier alpha value is -1.44. The number of amides is 1. The summed E-state index contributed by atoms with van der Waals surface area (Å²) in [6.07, 6.45) is 2.99. The van der Waals surface area contributed by atoms with E-state index in [9.17, 15) is 13.2 Å². The SMILES string of the molecule is O=C(CN1CCCS1(=O)=O)NC(CN1CCCC1)c1ccccc1. The molecule has 0 radical (unpaired) electrons. The highest BCUT2D eigenvalue weighted by molar-refractivity contribution is 7.89. The van der Waals surface area contributed by atoms with Crippen molar-refractivity contribution in [3.8, 4) is 0 Å². The van der Waals surface area contributed by atoms with Gasteiger partial charge in [0.05, 0.1) is 18.3 Å². The summed E-state index contributed by atoms with van der Waals surface area (Å²) in [5.41, 5.74) is 1.06. The van der Waals surface area contributed by atoms with Crippen LogP contribution in [0.15, 0.2) is 30.3 Å². The van der Waals surface area contributed by atoms with Crippen LogP contribution in [-0.4, -0.2) is 62.0 Å². The molecular weight excluding hydrogens is 326 g/mol. The van der Waals surface area contributed by atoms with Gasteiger partial charge in [-0.2, -0.15) is 4.31 Å². The fourth-order valence-corrected chi connectivity index (χ4v) is 4.89. The van der Waals surface area contributed by atoms with E-state index in [4.69, 9.17) is 0 Å². The van der Waals surface area contributed by atoms with Gasteiger partial charge in [-0.1, -0.05) is 30.3 Å². The minimum absolute atomic E-state index is 0.0777. The molecule has 3 rings (SSSR count). The van der Waals surface area contributed by atoms with Gasteiger partial charge in [0.15, 0.2) is 0 Å². The number of nitrogens with zero attached hydrogens (tertiary/aromatic N) is 2. The van der Waals surface area contributed by atoms with Crippen molar-refractivity contribution < 1.29 is 13.2 Å². The van der Waals surface area contributed by atoms with Crippen LogP contribution in [0, 0.1) is 0 Å². The molecule has 0 saturated carbocycles. The Balaban J connectivity index is 1.65. The highest BCUT2D eigenvalue weighted by atomic mass is 32.2. The molecule has 0 aliphatic carbocycles. The Morgan fingerprint density at radius 1 is 1.08 bits per heavy atom. The molecule has 0 spiro atoms. The van der Waals surface area contributed by atoms with Crippen LogP contribution in [0.5, 0.6) is 0 Å². The van der Waals surface area contributed by atoms with Gasteiger partial charge in [-0.15, -0.1) is 0 Å². The van der Waals surface area contributed by atoms with Crippen molar-refractivity contribution in [1.82, 2.24) is 14.5 Å². The highest BCUT2D eigenvalue weighted by Crippen LogP contribution is 2.18. The van der Waals surface area contributed by atoms with Crippen LogP contribution in [-0.2, 0) is 14.8 Å². The third-order valence-corrected chi connectivity index (χ3v) is 6.60. The number of carbonyl (C=O) groups excluding carboxylic acids is 1. The summed E-state index contributed by atoms with van der Waals surface area (Å²) in [5, 5.41) is 3.04. The summed E-state index contributed by atoms with van der Waals surface area (Å²) in [6, 6.07) is 9.78. The molecule has 1 amide bonds. The van der Waals surface area contributed by atoms with E-state index in [0.29, 0.717) is 13.0 Å². The van der Waals surface area contributed by atoms with Crippen molar-refractivity contribution in [2.75, 3.05) is 38.5 Å². The van der Waals surface area contributed by atoms with Crippen molar-refractivity contribution in [2.45, 2.75) is 25.3 Å². The average molecular weight is 351 g/mol. The lowest BCUT2D eigenvalue weighted by Crippen LogP contribution is -2.42. The second kappa shape index (κ2) is 7.63. The summed E-state index contributed by atoms with van der Waals surface area (Å²) < 4.78 is 25.0. The normalized spacial score (nSPS) is 22.5. The molecule has 2 heterocycles. The summed E-state index contributed by atoms with van der Waals surface area (Å²) in [6.45, 7) is 3.24. The van der Waals surface area contributed by atoms with E-state index in [1.807, 2.05) is 30.3 Å². The van der Waals surface area contributed by atoms with E-state index in [1.54, 1.807) is 0 Å². The lowest BCUT2D eigenvalue weighted by Gasteiger charge is -2.25. The van der Waals surface area contributed by atoms with Crippen molar-refractivity contribution in [3.63, 3.8) is 0 Å². The topological polar surface area (TPSA) is 69.7 Å². The van der Waals surface area contributed by atoms with E-state index in [2.05, 4.69) is 10.2 Å². The fourth-order valence-electron chi connectivity index (χ4n) is 3.41. The highest BCUT2D eigenvalue weighted by Gasteiger charge is 2.30. The van der Waals surface area contributed by atoms with Gasteiger partial charge >= 0.3 is 0 Å². The number of likely N-dealkylation sites (tertiary alicyclic amines) is 1. The van der Waals surface area contributed by atoms with Gasteiger partial charge in [-0.3, -0.25) is 4.79 Å². The van der Waals surface area contributed by atoms with E-state index in [1.165, 1.54) is 17.1 Å². The number of benzene rings is 1. The van der Waals surface area contributed by atoms with E-state index in [0.717, 1.165) is 25.2 Å². The predicted octanol–water partition coefficient (Wildman–Crippen LogP) is 0.975. The smallest absolute Gasteiger partial charge is 0.235 e. The molecule has 132 valence electrons. The first-order chi connectivity index (χ1) is 11.5. The maximum atomic E-state index is 12.4. The molecular formula is C17H25N3O3S. The number of nitrogens with one attached hydrogen (secondary N) is 1. The summed E-state index contributed by atoms with van der Waals surface area (Å²) >= 11 is 0. The second-order valence-corrected chi connectivity index (χ2v) is 8.63. The van der Waals surface area contributed by atoms with Crippen molar-refractivity contribution in [1.29, 1.82) is 0 Å². The molecule has 0 bridgehead atoms. The number of hydrogen-bond donors (Lipinski definition) is 1. The quantitative estimate of drug-likeness (QED) is 0.829. The standard InChI is InChI=1S/C17H25N3O3S/c21-17(14-20-11-6-12-24(20,22)23)18-16(13-19-9-4-5-10-19)15-7-2-1-3-8-15/h1-3,7-8,16H,4-6,9-14H2,(H,18,21). The molecule has 2 fully saturated rings. The Kier molecular flexibility index (Phi) is 5.53. The third kappa shape index (κ3) is 4.34. The maximum Gasteiger partial charge on any atom is 0.235 e. The van der Waals surface area contributed by atoms with Gasteiger partial charge in [0.1, 0.15) is 0 Å². The molecule has 2 aliphatic rings. The van der Waals surface area contributed by atoms with Crippen molar-refractivity contribution in [3.05, 3.63) is 35.9 Å². The predicted molar refractivity (Wildman–Crippen MR) is 93.0 cm³/mol. The third-order valence-electron chi connectivity index (χ3n) is 4.70. The summed E-state index contributed by atoms with van der Waals surface area (Å²) in [5.74, 6) is -0.0792. The molecule has 0 aromatic heterocycles. The van der Waals surface area contributed by atoms with Gasteiger partial charge in [-0.25, -0.2) is 8.42 Å². The summed E-state index contributed by atoms with van der Waals surface area (Å²) in [7, 11) is -3.24. The van der Waals surface area contributed by atoms with E-state index in [-0.39, 0.29) is 24.2 Å². The first-order valence-corrected chi connectivity index (χ1v) is 10.2. The van der Waals surface area contributed by atoms with Crippen molar-refractivity contribution >= 4 is 15.9 Å². The largest absolute Gasteiger partial charge is 0.347 e. The van der Waals surface area contributed by atoms with Crippen LogP contribution in [0.1, 0.15) is 30.9 Å². The lowest BCUT2D eigenvalue weighted by atomic mass is 10.1. The van der Waals surface area contributed by atoms with Crippen LogP contribution in [0.2, 0.25) is 0 Å². The lowest BCUT2D eigenvalue weighted by molar-refractivity contribution is -0.122. The van der Waals surface area contributed by atoms with Gasteiger partial charge in [0.25, 0.3) is 0 Å². The first kappa shape index (κ1) is 17.4. The zero-order valence-corrected chi connectivity index (χ0v) is 14.7. The molecule has 1 N–H and O–H groups in total. The Bertz CT molecular complexity index is 657. The number of hydrogen-bond acceptors (Lipinski definition) is 4. The number of sulfonamides is 1. The van der Waals surface area contributed by atoms with Crippen LogP contribution in [0.4, 0.5) is 0 Å². The number of carbonyl (C=O) groups is 1. The minimum Gasteiger partial charge on any atom is -0.347 e. The first-order valence-electron chi connectivity index (χ1n) is 8.59. The van der Waals surface area contributed by atoms with Crippen LogP contribution < -0.4 is 5.32 Å². The Labute approximate surface area is 143 Å². The van der Waals surface area contributed by atoms with Crippen LogP contribution in [0.25, 0.3) is 0 Å². The molecule has 1 unspecified atom stereocenters. The minimum atomic E-state index is -3.24. The maximum absolute atomic E-state index is 12.4. The zero-order chi connectivity index (χ0) is 17.0. The summed E-state index contributed by atoms with van der Waals surface area (Å²) in [4.78, 5) is 14.8. The van der Waals surface area contributed by atoms with E-state index >= 15 is 0 Å². The van der Waals surface area contributed by atoms with Gasteiger partial charge in [-0.05, 0) is 37.9 Å². The molecule has 1 aromatic carbocycles. The molecule has 2 aliphatic heterocycles. The van der Waals surface area contributed by atoms with Crippen LogP contribution in [0.3, 0.4) is 0 Å². The van der Waals surface area contributed by atoms with Gasteiger partial charge in [0.2, 0.25) is 15.9 Å². The zero-order valence-electron chi connectivity index (χ0n) is 13.9. The molecule has 24 heavy (non-hydrogen) atoms. The second-order valence-electron chi connectivity index (χ2n) is 6.54. The van der Waals surface area contributed by atoms with Gasteiger partial charge in [0, 0.05) is 13.1 Å². The Morgan fingerprint density at radius 2 is 1.79 bits per heavy atom. The average Bonchev–Trinajstić information content (AvgIpc) is 3.18. The Morgan fingerprint density at radius 3 is 2.42 bits per heavy atom.